The number of ether oxygens (including phenoxy) is 1. The first kappa shape index (κ1) is 11.7. The Labute approximate surface area is 76.8 Å². The molecule has 0 aromatic rings. The van der Waals surface area contributed by atoms with E-state index in [9.17, 15) is 0 Å². The van der Waals surface area contributed by atoms with Crippen molar-refractivity contribution in [2.45, 2.75) is 40.2 Å². The van der Waals surface area contributed by atoms with E-state index in [1.807, 2.05) is 6.08 Å². The molecule has 0 aliphatic rings. The van der Waals surface area contributed by atoms with Crippen LogP contribution >= 0.6 is 0 Å². The zero-order valence-electron chi connectivity index (χ0n) is 9.05. The first-order chi connectivity index (χ1) is 5.37. The Kier molecular flexibility index (Phi) is 4.54. The molecule has 12 heavy (non-hydrogen) atoms. The van der Waals surface area contributed by atoms with Gasteiger partial charge in [-0.1, -0.05) is 19.9 Å². The number of hydrogen-bond donors (Lipinski definition) is 0. The summed E-state index contributed by atoms with van der Waals surface area (Å²) in [6.07, 6.45) is 1.98. The van der Waals surface area contributed by atoms with Crippen molar-refractivity contribution < 1.29 is 4.74 Å². The predicted molar refractivity (Wildman–Crippen MR) is 54.2 cm³/mol. The van der Waals surface area contributed by atoms with Gasteiger partial charge in [0.1, 0.15) is 0 Å². The minimum absolute atomic E-state index is 0.0187. The zero-order chi connectivity index (χ0) is 9.78. The second kappa shape index (κ2) is 4.66. The van der Waals surface area contributed by atoms with Crippen LogP contribution < -0.4 is 0 Å². The average Bonchev–Trinajstić information content (AvgIpc) is 1.97. The molecule has 0 heterocycles. The van der Waals surface area contributed by atoms with Gasteiger partial charge in [-0.25, -0.2) is 0 Å². The van der Waals surface area contributed by atoms with Crippen molar-refractivity contribution in [2.75, 3.05) is 6.61 Å². The van der Waals surface area contributed by atoms with Crippen molar-refractivity contribution in [1.29, 1.82) is 0 Å². The molecule has 1 heteroatoms. The molecular weight excluding hydrogens is 148 g/mol. The summed E-state index contributed by atoms with van der Waals surface area (Å²) < 4.78 is 5.67. The fraction of sp³-hybridized carbons (Fsp3) is 0.818. The Morgan fingerprint density at radius 1 is 1.33 bits per heavy atom. The third kappa shape index (κ3) is 5.36. The van der Waals surface area contributed by atoms with Gasteiger partial charge < -0.3 is 4.74 Å². The quantitative estimate of drug-likeness (QED) is 0.588. The van der Waals surface area contributed by atoms with Crippen molar-refractivity contribution in [3.63, 3.8) is 0 Å². The molecule has 0 saturated carbocycles. The van der Waals surface area contributed by atoms with Gasteiger partial charge >= 0.3 is 0 Å². The maximum Gasteiger partial charge on any atom is 0.0598 e. The second-order valence-corrected chi connectivity index (χ2v) is 4.50. The van der Waals surface area contributed by atoms with Gasteiger partial charge in [-0.2, -0.15) is 0 Å². The molecule has 0 amide bonds. The first-order valence-electron chi connectivity index (χ1n) is 4.63. The van der Waals surface area contributed by atoms with Crippen molar-refractivity contribution in [3.05, 3.63) is 12.7 Å². The lowest BCUT2D eigenvalue weighted by atomic mass is 9.97. The van der Waals surface area contributed by atoms with Crippen molar-refractivity contribution in [1.82, 2.24) is 0 Å². The number of rotatable bonds is 4. The van der Waals surface area contributed by atoms with E-state index in [-0.39, 0.29) is 5.60 Å². The summed E-state index contributed by atoms with van der Waals surface area (Å²) in [5.74, 6) is 1.09. The monoisotopic (exact) mass is 170 g/mol. The van der Waals surface area contributed by atoms with Crippen LogP contribution in [0.25, 0.3) is 0 Å². The Balaban J connectivity index is 3.71. The SMILES string of the molecule is C=C[C@H](C)[C@H](C)COC(C)(C)C. The van der Waals surface area contributed by atoms with Crippen LogP contribution in [0.5, 0.6) is 0 Å². The van der Waals surface area contributed by atoms with E-state index in [0.29, 0.717) is 11.8 Å². The molecule has 0 aromatic heterocycles. The molecule has 0 rings (SSSR count). The van der Waals surface area contributed by atoms with Crippen LogP contribution in [0.3, 0.4) is 0 Å². The average molecular weight is 170 g/mol. The van der Waals surface area contributed by atoms with E-state index < -0.39 is 0 Å². The molecule has 0 fully saturated rings. The second-order valence-electron chi connectivity index (χ2n) is 4.50. The molecule has 0 aromatic carbocycles. The minimum Gasteiger partial charge on any atom is -0.376 e. The fourth-order valence-electron chi connectivity index (χ4n) is 0.766. The van der Waals surface area contributed by atoms with E-state index in [2.05, 4.69) is 41.2 Å². The fourth-order valence-corrected chi connectivity index (χ4v) is 0.766. The van der Waals surface area contributed by atoms with E-state index in [0.717, 1.165) is 6.61 Å². The largest absolute Gasteiger partial charge is 0.376 e. The van der Waals surface area contributed by atoms with Gasteiger partial charge in [0.05, 0.1) is 12.2 Å². The maximum atomic E-state index is 5.67. The molecule has 72 valence electrons. The highest BCUT2D eigenvalue weighted by molar-refractivity contribution is 4.79. The Hall–Kier alpha value is -0.300. The van der Waals surface area contributed by atoms with E-state index >= 15 is 0 Å². The highest BCUT2D eigenvalue weighted by Gasteiger charge is 2.14. The van der Waals surface area contributed by atoms with Crippen molar-refractivity contribution >= 4 is 0 Å². The molecule has 0 spiro atoms. The van der Waals surface area contributed by atoms with Crippen LogP contribution in [-0.2, 0) is 4.74 Å². The smallest absolute Gasteiger partial charge is 0.0598 e. The highest BCUT2D eigenvalue weighted by atomic mass is 16.5. The maximum absolute atomic E-state index is 5.67. The van der Waals surface area contributed by atoms with Crippen LogP contribution in [0.15, 0.2) is 12.7 Å². The molecule has 2 atom stereocenters. The number of hydrogen-bond acceptors (Lipinski definition) is 1. The van der Waals surface area contributed by atoms with E-state index in [1.54, 1.807) is 0 Å². The third-order valence-electron chi connectivity index (χ3n) is 2.05. The van der Waals surface area contributed by atoms with Crippen LogP contribution in [0, 0.1) is 11.8 Å². The molecule has 1 nitrogen and oxygen atoms in total. The lowest BCUT2D eigenvalue weighted by Crippen LogP contribution is -2.24. The van der Waals surface area contributed by atoms with Crippen LogP contribution in [-0.4, -0.2) is 12.2 Å². The van der Waals surface area contributed by atoms with Gasteiger partial charge in [0.2, 0.25) is 0 Å². The van der Waals surface area contributed by atoms with Gasteiger partial charge in [-0.05, 0) is 32.6 Å². The van der Waals surface area contributed by atoms with Crippen LogP contribution in [0.1, 0.15) is 34.6 Å². The predicted octanol–water partition coefficient (Wildman–Crippen LogP) is 3.26. The zero-order valence-corrected chi connectivity index (χ0v) is 9.05. The summed E-state index contributed by atoms with van der Waals surface area (Å²) in [6.45, 7) is 15.2. The third-order valence-corrected chi connectivity index (χ3v) is 2.05. The molecule has 0 saturated heterocycles. The normalized spacial score (nSPS) is 17.1. The lowest BCUT2D eigenvalue weighted by molar-refractivity contribution is -0.0244. The molecule has 0 aliphatic carbocycles. The summed E-state index contributed by atoms with van der Waals surface area (Å²) in [5.41, 5.74) is -0.0187. The van der Waals surface area contributed by atoms with Gasteiger partial charge in [-0.15, -0.1) is 6.58 Å². The van der Waals surface area contributed by atoms with Crippen LogP contribution in [0.4, 0.5) is 0 Å². The number of allylic oxidation sites excluding steroid dienone is 1. The Morgan fingerprint density at radius 2 is 1.83 bits per heavy atom. The summed E-state index contributed by atoms with van der Waals surface area (Å²) in [6, 6.07) is 0. The summed E-state index contributed by atoms with van der Waals surface area (Å²) in [7, 11) is 0. The Bertz CT molecular complexity index is 132. The standard InChI is InChI=1S/C11H22O/c1-7-9(2)10(3)8-12-11(4,5)6/h7,9-10H,1,8H2,2-6H3/t9-,10+/m0/s1. The van der Waals surface area contributed by atoms with Crippen molar-refractivity contribution in [2.24, 2.45) is 11.8 Å². The van der Waals surface area contributed by atoms with Gasteiger partial charge in [0.15, 0.2) is 0 Å². The molecular formula is C11H22O. The topological polar surface area (TPSA) is 9.23 Å². The molecule has 0 N–H and O–H groups in total. The van der Waals surface area contributed by atoms with Crippen molar-refractivity contribution in [3.8, 4) is 0 Å². The molecule has 0 radical (unpaired) electrons. The van der Waals surface area contributed by atoms with Crippen LogP contribution in [0.2, 0.25) is 0 Å². The molecule has 0 bridgehead atoms. The van der Waals surface area contributed by atoms with Gasteiger partial charge in [0, 0.05) is 0 Å². The molecule has 0 unspecified atom stereocenters. The summed E-state index contributed by atoms with van der Waals surface area (Å²) in [4.78, 5) is 0. The van der Waals surface area contributed by atoms with E-state index in [1.165, 1.54) is 0 Å². The van der Waals surface area contributed by atoms with Gasteiger partial charge in [0.25, 0.3) is 0 Å². The molecule has 0 aliphatic heterocycles. The lowest BCUT2D eigenvalue weighted by Gasteiger charge is -2.24. The Morgan fingerprint density at radius 3 is 2.17 bits per heavy atom. The van der Waals surface area contributed by atoms with E-state index in [4.69, 9.17) is 4.74 Å². The summed E-state index contributed by atoms with van der Waals surface area (Å²) in [5, 5.41) is 0. The minimum atomic E-state index is -0.0187. The highest BCUT2D eigenvalue weighted by Crippen LogP contribution is 2.15. The van der Waals surface area contributed by atoms with Gasteiger partial charge in [-0.3, -0.25) is 0 Å². The summed E-state index contributed by atoms with van der Waals surface area (Å²) >= 11 is 0. The first-order valence-corrected chi connectivity index (χ1v) is 4.63.